The molecule has 1 aromatic heterocycles. The molecule has 0 aliphatic carbocycles. The lowest BCUT2D eigenvalue weighted by atomic mass is 10.4. The number of halogens is 1. The predicted octanol–water partition coefficient (Wildman–Crippen LogP) is 1.08. The van der Waals surface area contributed by atoms with Gasteiger partial charge in [0.05, 0.1) is 5.75 Å². The van der Waals surface area contributed by atoms with Crippen molar-refractivity contribution >= 4 is 29.3 Å². The van der Waals surface area contributed by atoms with Crippen molar-refractivity contribution in [1.82, 2.24) is 9.97 Å². The molecule has 0 aromatic carbocycles. The van der Waals surface area contributed by atoms with Gasteiger partial charge in [-0.1, -0.05) is 11.6 Å². The minimum absolute atomic E-state index is 0.324. The molecule has 0 radical (unpaired) electrons. The van der Waals surface area contributed by atoms with Crippen molar-refractivity contribution in [3.8, 4) is 0 Å². The van der Waals surface area contributed by atoms with Crippen LogP contribution in [0.2, 0.25) is 5.15 Å². The molecule has 0 saturated heterocycles. The first-order valence-electron chi connectivity index (χ1n) is 4.55. The number of aromatic nitrogens is 2. The lowest BCUT2D eigenvalue weighted by Gasteiger charge is -2.05. The number of rotatable bonds is 5. The van der Waals surface area contributed by atoms with E-state index in [0.717, 1.165) is 5.69 Å². The van der Waals surface area contributed by atoms with Gasteiger partial charge >= 0.3 is 5.97 Å². The first-order valence-corrected chi connectivity index (χ1v) is 6.08. The normalized spacial score (nSPS) is 12.4. The highest BCUT2D eigenvalue weighted by Gasteiger charge is 2.11. The van der Waals surface area contributed by atoms with E-state index in [1.807, 2.05) is 6.92 Å². The van der Waals surface area contributed by atoms with Gasteiger partial charge in [0.2, 0.25) is 0 Å². The summed E-state index contributed by atoms with van der Waals surface area (Å²) in [6, 6.07) is 0.809. The van der Waals surface area contributed by atoms with Crippen molar-refractivity contribution in [3.05, 3.63) is 22.7 Å². The van der Waals surface area contributed by atoms with Gasteiger partial charge in [-0.25, -0.2) is 9.97 Å². The molecule has 0 aliphatic rings. The van der Waals surface area contributed by atoms with Crippen LogP contribution in [0, 0.1) is 6.92 Å². The molecule has 7 heteroatoms. The smallest absolute Gasteiger partial charge is 0.321 e. The van der Waals surface area contributed by atoms with Gasteiger partial charge in [-0.2, -0.15) is 11.8 Å². The number of aryl methyl sites for hydroxylation is 1. The van der Waals surface area contributed by atoms with Crippen LogP contribution in [0.4, 0.5) is 0 Å². The second kappa shape index (κ2) is 6.03. The third-order valence-electron chi connectivity index (χ3n) is 1.72. The summed E-state index contributed by atoms with van der Waals surface area (Å²) in [5.41, 5.74) is 6.14. The number of carboxylic acid groups (broad SMARTS) is 1. The molecular formula is C9H12ClN3O2S. The Labute approximate surface area is 102 Å². The Hall–Kier alpha value is -0.850. The van der Waals surface area contributed by atoms with Crippen molar-refractivity contribution in [2.24, 2.45) is 5.73 Å². The average molecular weight is 262 g/mol. The van der Waals surface area contributed by atoms with Crippen LogP contribution in [0.1, 0.15) is 11.5 Å². The van der Waals surface area contributed by atoms with E-state index in [0.29, 0.717) is 22.5 Å². The molecule has 3 N–H and O–H groups in total. The Bertz CT molecular complexity index is 369. The topological polar surface area (TPSA) is 89.1 Å². The monoisotopic (exact) mass is 261 g/mol. The van der Waals surface area contributed by atoms with E-state index >= 15 is 0 Å². The van der Waals surface area contributed by atoms with Crippen molar-refractivity contribution in [3.63, 3.8) is 0 Å². The van der Waals surface area contributed by atoms with Crippen LogP contribution in [-0.2, 0) is 10.5 Å². The van der Waals surface area contributed by atoms with E-state index in [4.69, 9.17) is 22.4 Å². The van der Waals surface area contributed by atoms with Gasteiger partial charge in [-0.3, -0.25) is 4.79 Å². The summed E-state index contributed by atoms with van der Waals surface area (Å²) in [7, 11) is 0. The molecule has 16 heavy (non-hydrogen) atoms. The third kappa shape index (κ3) is 4.34. The largest absolute Gasteiger partial charge is 0.480 e. The molecule has 1 atom stereocenters. The average Bonchev–Trinajstić information content (AvgIpc) is 2.15. The maximum absolute atomic E-state index is 10.5. The molecule has 0 amide bonds. The molecule has 1 heterocycles. The molecule has 5 nitrogen and oxygen atoms in total. The first-order chi connectivity index (χ1) is 7.49. The fourth-order valence-corrected chi connectivity index (χ4v) is 2.08. The number of aliphatic carboxylic acids is 1. The lowest BCUT2D eigenvalue weighted by Crippen LogP contribution is -2.32. The van der Waals surface area contributed by atoms with Gasteiger partial charge in [-0.15, -0.1) is 0 Å². The van der Waals surface area contributed by atoms with Gasteiger partial charge < -0.3 is 10.8 Å². The number of nitrogens with zero attached hydrogens (tertiary/aromatic N) is 2. The Kier molecular flexibility index (Phi) is 4.98. The number of hydrogen-bond donors (Lipinski definition) is 2. The number of thioether (sulfide) groups is 1. The van der Waals surface area contributed by atoms with Gasteiger partial charge in [0.25, 0.3) is 0 Å². The van der Waals surface area contributed by atoms with Gasteiger partial charge in [0, 0.05) is 11.4 Å². The molecule has 0 bridgehead atoms. The fraction of sp³-hybridized carbons (Fsp3) is 0.444. The quantitative estimate of drug-likeness (QED) is 0.771. The van der Waals surface area contributed by atoms with Crippen LogP contribution < -0.4 is 5.73 Å². The number of hydrogen-bond acceptors (Lipinski definition) is 5. The summed E-state index contributed by atoms with van der Waals surface area (Å²) in [5, 5.41) is 8.97. The van der Waals surface area contributed by atoms with Crippen LogP contribution in [0.5, 0.6) is 0 Å². The second-order valence-electron chi connectivity index (χ2n) is 3.21. The molecular weight excluding hydrogens is 250 g/mol. The van der Waals surface area contributed by atoms with Crippen LogP contribution in [0.3, 0.4) is 0 Å². The highest BCUT2D eigenvalue weighted by molar-refractivity contribution is 7.98. The predicted molar refractivity (Wildman–Crippen MR) is 63.6 cm³/mol. The molecule has 0 aliphatic heterocycles. The summed E-state index contributed by atoms with van der Waals surface area (Å²) >= 11 is 7.13. The Morgan fingerprint density at radius 2 is 2.38 bits per heavy atom. The number of nitrogens with two attached hydrogens (primary N) is 1. The number of carboxylic acids is 1. The minimum atomic E-state index is -1.00. The van der Waals surface area contributed by atoms with Crippen molar-refractivity contribution < 1.29 is 9.90 Å². The Morgan fingerprint density at radius 3 is 2.94 bits per heavy atom. The molecule has 1 rings (SSSR count). The summed E-state index contributed by atoms with van der Waals surface area (Å²) in [6.45, 7) is 1.82. The van der Waals surface area contributed by atoms with Gasteiger partial charge in [0.1, 0.15) is 17.0 Å². The van der Waals surface area contributed by atoms with Crippen molar-refractivity contribution in [2.75, 3.05) is 5.75 Å². The van der Waals surface area contributed by atoms with E-state index in [1.165, 1.54) is 11.8 Å². The Balaban J connectivity index is 2.46. The second-order valence-corrected chi connectivity index (χ2v) is 4.63. The van der Waals surface area contributed by atoms with Crippen LogP contribution in [0.15, 0.2) is 6.07 Å². The van der Waals surface area contributed by atoms with Gasteiger partial charge in [-0.05, 0) is 13.0 Å². The highest BCUT2D eigenvalue weighted by Crippen LogP contribution is 2.13. The standard InChI is InChI=1S/C9H12ClN3O2S/c1-5-2-7(10)13-8(12-5)4-16-3-6(11)9(14)15/h2,6H,3-4,11H2,1H3,(H,14,15)/t6-/m0/s1. The van der Waals surface area contributed by atoms with Gasteiger partial charge in [0.15, 0.2) is 0 Å². The van der Waals surface area contributed by atoms with Crippen molar-refractivity contribution in [1.29, 1.82) is 0 Å². The molecule has 88 valence electrons. The molecule has 0 spiro atoms. The van der Waals surface area contributed by atoms with Crippen LogP contribution >= 0.6 is 23.4 Å². The van der Waals surface area contributed by atoms with E-state index in [9.17, 15) is 4.79 Å². The summed E-state index contributed by atoms with van der Waals surface area (Å²) in [4.78, 5) is 18.7. The first kappa shape index (κ1) is 13.2. The van der Waals surface area contributed by atoms with Crippen LogP contribution in [0.25, 0.3) is 0 Å². The highest BCUT2D eigenvalue weighted by atomic mass is 35.5. The summed E-state index contributed by atoms with van der Waals surface area (Å²) < 4.78 is 0. The molecule has 1 aromatic rings. The maximum Gasteiger partial charge on any atom is 0.321 e. The summed E-state index contributed by atoms with van der Waals surface area (Å²) in [5.74, 6) is 0.412. The minimum Gasteiger partial charge on any atom is -0.480 e. The maximum atomic E-state index is 10.5. The van der Waals surface area contributed by atoms with E-state index in [1.54, 1.807) is 6.07 Å². The Morgan fingerprint density at radius 1 is 1.69 bits per heavy atom. The third-order valence-corrected chi connectivity index (χ3v) is 2.97. The van der Waals surface area contributed by atoms with E-state index in [-0.39, 0.29) is 0 Å². The molecule has 0 saturated carbocycles. The molecule has 0 fully saturated rings. The fourth-order valence-electron chi connectivity index (χ4n) is 1.00. The molecule has 0 unspecified atom stereocenters. The van der Waals surface area contributed by atoms with E-state index in [2.05, 4.69) is 9.97 Å². The zero-order valence-electron chi connectivity index (χ0n) is 8.68. The van der Waals surface area contributed by atoms with Crippen LogP contribution in [-0.4, -0.2) is 32.8 Å². The summed E-state index contributed by atoms with van der Waals surface area (Å²) in [6.07, 6.45) is 0. The van der Waals surface area contributed by atoms with E-state index < -0.39 is 12.0 Å². The zero-order valence-corrected chi connectivity index (χ0v) is 10.3. The number of carbonyl (C=O) groups is 1. The van der Waals surface area contributed by atoms with Crippen molar-refractivity contribution in [2.45, 2.75) is 18.7 Å². The zero-order chi connectivity index (χ0) is 12.1. The SMILES string of the molecule is Cc1cc(Cl)nc(CSC[C@H](N)C(=O)O)n1. The lowest BCUT2D eigenvalue weighted by molar-refractivity contribution is -0.137.